The fourth-order valence-electron chi connectivity index (χ4n) is 4.99. The Balaban J connectivity index is 1.67. The molecule has 1 unspecified atom stereocenters. The van der Waals surface area contributed by atoms with E-state index >= 15 is 0 Å². The van der Waals surface area contributed by atoms with Gasteiger partial charge in [-0.2, -0.15) is 0 Å². The topological polar surface area (TPSA) is 142 Å². The number of amides is 1. The molecule has 48 heavy (non-hydrogen) atoms. The Hall–Kier alpha value is -5.91. The summed E-state index contributed by atoms with van der Waals surface area (Å²) in [5.74, 6) is -3.61. The molecule has 0 spiro atoms. The average Bonchev–Trinajstić information content (AvgIpc) is 3.07. The van der Waals surface area contributed by atoms with Gasteiger partial charge in [-0.15, -0.1) is 0 Å². The Bertz CT molecular complexity index is 1900. The third kappa shape index (κ3) is 9.32. The predicted octanol–water partition coefficient (Wildman–Crippen LogP) is 5.03. The normalized spacial score (nSPS) is 11.7. The first-order valence-electron chi connectivity index (χ1n) is 14.8. The second-order valence-electron chi connectivity index (χ2n) is 10.9. The van der Waals surface area contributed by atoms with Crippen LogP contribution in [0.3, 0.4) is 0 Å². The number of oxime groups is 1. The van der Waals surface area contributed by atoms with E-state index in [9.17, 15) is 28.4 Å². The number of carbonyl (C=O) groups excluding carboxylic acids is 4. The molecule has 0 aliphatic heterocycles. The van der Waals surface area contributed by atoms with Crippen molar-refractivity contribution in [3.8, 4) is 11.1 Å². The largest absolute Gasteiger partial charge is 0.469 e. The molecule has 0 radical (unpaired) electrons. The van der Waals surface area contributed by atoms with Crippen molar-refractivity contribution in [3.05, 3.63) is 123 Å². The summed E-state index contributed by atoms with van der Waals surface area (Å²) < 4.78 is 24.6. The minimum atomic E-state index is -0.919. The van der Waals surface area contributed by atoms with Crippen molar-refractivity contribution >= 4 is 35.2 Å². The molecule has 1 atom stereocenters. The Morgan fingerprint density at radius 1 is 0.833 bits per heavy atom. The number of aromatic nitrogens is 1. The molecule has 11 nitrogen and oxygen atoms in total. The van der Waals surface area contributed by atoms with Gasteiger partial charge in [0.05, 0.1) is 19.9 Å². The zero-order valence-corrected chi connectivity index (χ0v) is 26.8. The predicted molar refractivity (Wildman–Crippen MR) is 176 cm³/mol. The van der Waals surface area contributed by atoms with Crippen LogP contribution in [0.1, 0.15) is 47.4 Å². The van der Waals surface area contributed by atoms with E-state index in [0.29, 0.717) is 22.5 Å². The Morgan fingerprint density at radius 3 is 2.06 bits per heavy atom. The summed E-state index contributed by atoms with van der Waals surface area (Å²) in [4.78, 5) is 64.5. The maximum Gasteiger partial charge on any atom is 0.346 e. The number of esters is 2. The molecular formula is C36H34FN3O8. The van der Waals surface area contributed by atoms with E-state index in [0.717, 1.165) is 29.4 Å². The number of anilines is 1. The highest BCUT2D eigenvalue weighted by Crippen LogP contribution is 2.34. The molecule has 1 amide bonds. The maximum absolute atomic E-state index is 14.2. The van der Waals surface area contributed by atoms with Gasteiger partial charge in [-0.1, -0.05) is 47.6 Å². The van der Waals surface area contributed by atoms with Crippen molar-refractivity contribution < 1.29 is 37.9 Å². The summed E-state index contributed by atoms with van der Waals surface area (Å²) in [6, 6.07) is 22.2. The van der Waals surface area contributed by atoms with Gasteiger partial charge < -0.3 is 24.2 Å². The van der Waals surface area contributed by atoms with Gasteiger partial charge in [0.25, 0.3) is 0 Å². The van der Waals surface area contributed by atoms with Crippen molar-refractivity contribution in [1.29, 1.82) is 0 Å². The number of hydrogen-bond donors (Lipinski definition) is 1. The van der Waals surface area contributed by atoms with Crippen LogP contribution >= 0.6 is 0 Å². The number of benzene rings is 3. The van der Waals surface area contributed by atoms with Gasteiger partial charge in [0, 0.05) is 42.9 Å². The summed E-state index contributed by atoms with van der Waals surface area (Å²) in [5, 5.41) is 6.77. The van der Waals surface area contributed by atoms with Crippen molar-refractivity contribution in [2.75, 3.05) is 19.5 Å². The summed E-state index contributed by atoms with van der Waals surface area (Å²) in [6.45, 7) is 1.80. The number of hydrogen-bond acceptors (Lipinski definition) is 9. The molecule has 0 fully saturated rings. The highest BCUT2D eigenvalue weighted by Gasteiger charge is 2.22. The number of carbonyl (C=O) groups is 4. The third-order valence-electron chi connectivity index (χ3n) is 7.55. The number of rotatable bonds is 12. The lowest BCUT2D eigenvalue weighted by molar-refractivity contribution is -0.153. The van der Waals surface area contributed by atoms with Crippen LogP contribution in [0.5, 0.6) is 0 Å². The first kappa shape index (κ1) is 35.0. The molecule has 4 rings (SSSR count). The van der Waals surface area contributed by atoms with Crippen LogP contribution in [0.4, 0.5) is 10.1 Å². The van der Waals surface area contributed by atoms with Crippen molar-refractivity contribution in [2.45, 2.75) is 32.1 Å². The van der Waals surface area contributed by atoms with E-state index in [4.69, 9.17) is 4.84 Å². The quantitative estimate of drug-likeness (QED) is 0.0736. The Labute approximate surface area is 275 Å². The fourth-order valence-corrected chi connectivity index (χ4v) is 4.99. The lowest BCUT2D eigenvalue weighted by Crippen LogP contribution is -2.19. The number of halogens is 1. The van der Waals surface area contributed by atoms with Crippen LogP contribution in [0, 0.1) is 12.7 Å². The van der Waals surface area contributed by atoms with Gasteiger partial charge in [-0.05, 0) is 65.1 Å². The van der Waals surface area contributed by atoms with Crippen LogP contribution in [0.15, 0.2) is 95.0 Å². The average molecular weight is 656 g/mol. The summed E-state index contributed by atoms with van der Waals surface area (Å²) in [5.41, 5.74) is 5.17. The van der Waals surface area contributed by atoms with Crippen molar-refractivity contribution in [2.24, 2.45) is 12.2 Å². The van der Waals surface area contributed by atoms with Crippen LogP contribution in [-0.4, -0.2) is 48.3 Å². The number of pyridine rings is 1. The molecule has 1 aromatic heterocycles. The van der Waals surface area contributed by atoms with Gasteiger partial charge >= 0.3 is 17.9 Å². The minimum Gasteiger partial charge on any atom is -0.469 e. The van der Waals surface area contributed by atoms with E-state index in [1.54, 1.807) is 44.4 Å². The third-order valence-corrected chi connectivity index (χ3v) is 7.55. The van der Waals surface area contributed by atoms with Gasteiger partial charge in [0.1, 0.15) is 18.7 Å². The Morgan fingerprint density at radius 2 is 1.46 bits per heavy atom. The number of nitrogens with zero attached hydrogens (tertiary/aromatic N) is 2. The molecule has 1 heterocycles. The zero-order valence-electron chi connectivity index (χ0n) is 26.8. The van der Waals surface area contributed by atoms with E-state index in [1.165, 1.54) is 29.9 Å². The molecule has 248 valence electrons. The van der Waals surface area contributed by atoms with Gasteiger partial charge in [-0.3, -0.25) is 19.2 Å². The van der Waals surface area contributed by atoms with Gasteiger partial charge in [0.15, 0.2) is 0 Å². The van der Waals surface area contributed by atoms with Crippen molar-refractivity contribution in [3.63, 3.8) is 0 Å². The smallest absolute Gasteiger partial charge is 0.346 e. The molecule has 1 N–H and O–H groups in total. The SMILES string of the molecule is COC(=O)CC(=O)Nc1ccc(-c2ccc(C(CC(=NOC(=O)CC(=O)OC)c3ccc(=O)n(C)c3)c3ccc(F)cc3C)cc2)cc1. The second kappa shape index (κ2) is 16.1. The van der Waals surface area contributed by atoms with E-state index in [1.807, 2.05) is 36.4 Å². The number of ether oxygens (including phenoxy) is 2. The number of nitrogens with one attached hydrogen (secondary N) is 1. The summed E-state index contributed by atoms with van der Waals surface area (Å²) in [6.07, 6.45) is 0.715. The van der Waals surface area contributed by atoms with E-state index in [2.05, 4.69) is 19.9 Å². The molecule has 0 aliphatic carbocycles. The number of methoxy groups -OCH3 is 2. The molecule has 3 aromatic carbocycles. The van der Waals surface area contributed by atoms with Crippen LogP contribution in [0.2, 0.25) is 0 Å². The lowest BCUT2D eigenvalue weighted by Gasteiger charge is -2.22. The van der Waals surface area contributed by atoms with Crippen molar-refractivity contribution in [1.82, 2.24) is 4.57 Å². The highest BCUT2D eigenvalue weighted by molar-refractivity contribution is 6.02. The lowest BCUT2D eigenvalue weighted by atomic mass is 9.83. The maximum atomic E-state index is 14.2. The van der Waals surface area contributed by atoms with Gasteiger partial charge in [-0.25, -0.2) is 9.18 Å². The first-order chi connectivity index (χ1) is 23.0. The minimum absolute atomic E-state index is 0.176. The molecular weight excluding hydrogens is 621 g/mol. The monoisotopic (exact) mass is 655 g/mol. The number of aryl methyl sites for hydroxylation is 2. The molecule has 0 saturated carbocycles. The fraction of sp³-hybridized carbons (Fsp3) is 0.222. The zero-order chi connectivity index (χ0) is 34.8. The van der Waals surface area contributed by atoms with Crippen LogP contribution in [-0.2, 0) is 40.5 Å². The first-order valence-corrected chi connectivity index (χ1v) is 14.8. The standard InChI is InChI=1S/C36H34FN3O8/c1-22-17-27(37)12-15-29(22)30(18-31(26-11-16-33(42)40(2)21-26)39-48-36(45)20-35(44)47-4)25-7-5-23(6-8-25)24-9-13-28(14-10-24)38-32(41)19-34(43)46-3/h5-17,21,30H,18-20H2,1-4H3,(H,38,41). The molecule has 0 aliphatic rings. The molecule has 4 aromatic rings. The molecule has 12 heteroatoms. The Kier molecular flexibility index (Phi) is 11.7. The summed E-state index contributed by atoms with van der Waals surface area (Å²) >= 11 is 0. The van der Waals surface area contributed by atoms with E-state index < -0.39 is 36.2 Å². The van der Waals surface area contributed by atoms with E-state index in [-0.39, 0.29) is 24.2 Å². The second-order valence-corrected chi connectivity index (χ2v) is 10.9. The van der Waals surface area contributed by atoms with Crippen LogP contribution < -0.4 is 10.9 Å². The molecule has 0 saturated heterocycles. The van der Waals surface area contributed by atoms with Crippen LogP contribution in [0.25, 0.3) is 11.1 Å². The summed E-state index contributed by atoms with van der Waals surface area (Å²) in [7, 11) is 3.95. The molecule has 0 bridgehead atoms. The highest BCUT2D eigenvalue weighted by atomic mass is 19.1. The van der Waals surface area contributed by atoms with Gasteiger partial charge in [0.2, 0.25) is 11.5 Å².